The van der Waals surface area contributed by atoms with Crippen molar-refractivity contribution in [2.24, 2.45) is 0 Å². The van der Waals surface area contributed by atoms with Crippen LogP contribution in [0.4, 0.5) is 0 Å². The van der Waals surface area contributed by atoms with E-state index in [0.717, 1.165) is 16.8 Å². The molecule has 1 heterocycles. The fourth-order valence-corrected chi connectivity index (χ4v) is 4.69. The number of aryl methyl sites for hydroxylation is 1. The lowest BCUT2D eigenvalue weighted by molar-refractivity contribution is -0.479. The Hall–Kier alpha value is -3.36. The summed E-state index contributed by atoms with van der Waals surface area (Å²) < 4.78 is 7.74. The summed E-state index contributed by atoms with van der Waals surface area (Å²) in [6.45, 7) is 1.95. The number of benzene rings is 3. The number of ether oxygens (including phenoxy) is 1. The van der Waals surface area contributed by atoms with E-state index in [4.69, 9.17) is 16.3 Å². The molecule has 0 bridgehead atoms. The van der Waals surface area contributed by atoms with Crippen LogP contribution in [0.5, 0.6) is 5.75 Å². The van der Waals surface area contributed by atoms with Crippen LogP contribution in [-0.4, -0.2) is 26.2 Å². The maximum Gasteiger partial charge on any atom is 0.220 e. The highest BCUT2D eigenvalue weighted by Crippen LogP contribution is 2.36. The van der Waals surface area contributed by atoms with Gasteiger partial charge in [0, 0.05) is 21.2 Å². The van der Waals surface area contributed by atoms with Crippen molar-refractivity contribution in [1.29, 1.82) is 0 Å². The average molecular weight is 481 g/mol. The van der Waals surface area contributed by atoms with Crippen molar-refractivity contribution in [3.8, 4) is 11.4 Å². The molecule has 0 unspecified atom stereocenters. The first-order chi connectivity index (χ1) is 16.0. The maximum absolute atomic E-state index is 11.4. The van der Waals surface area contributed by atoms with E-state index in [-0.39, 0.29) is 11.5 Å². The minimum absolute atomic E-state index is 0.245. The Bertz CT molecular complexity index is 1230. The molecule has 0 spiro atoms. The van der Waals surface area contributed by atoms with Gasteiger partial charge in [0.15, 0.2) is 5.16 Å². The number of hydrogen-bond acceptors (Lipinski definition) is 6. The van der Waals surface area contributed by atoms with Crippen LogP contribution in [0.15, 0.2) is 84.0 Å². The molecule has 0 aliphatic heterocycles. The predicted octanol–water partition coefficient (Wildman–Crippen LogP) is 5.92. The van der Waals surface area contributed by atoms with Gasteiger partial charge in [-0.15, -0.1) is 10.2 Å². The Kier molecular flexibility index (Phi) is 7.26. The van der Waals surface area contributed by atoms with Crippen molar-refractivity contribution in [3.63, 3.8) is 0 Å². The van der Waals surface area contributed by atoms with Gasteiger partial charge in [-0.25, -0.2) is 0 Å². The molecule has 168 valence electrons. The van der Waals surface area contributed by atoms with Crippen molar-refractivity contribution in [1.82, 2.24) is 14.8 Å². The van der Waals surface area contributed by atoms with Crippen molar-refractivity contribution in [2.45, 2.75) is 23.9 Å². The number of aromatic nitrogens is 3. The van der Waals surface area contributed by atoms with E-state index in [1.54, 1.807) is 0 Å². The van der Waals surface area contributed by atoms with Gasteiger partial charge in [0.25, 0.3) is 0 Å². The van der Waals surface area contributed by atoms with Gasteiger partial charge < -0.3 is 4.74 Å². The molecule has 7 nitrogen and oxygen atoms in total. The third-order valence-corrected chi connectivity index (χ3v) is 6.53. The zero-order valence-electron chi connectivity index (χ0n) is 17.8. The van der Waals surface area contributed by atoms with Crippen LogP contribution >= 0.6 is 23.4 Å². The number of rotatable bonds is 9. The van der Waals surface area contributed by atoms with Crippen molar-refractivity contribution < 1.29 is 9.66 Å². The first kappa shape index (κ1) is 22.8. The van der Waals surface area contributed by atoms with Crippen LogP contribution in [-0.2, 0) is 6.61 Å². The smallest absolute Gasteiger partial charge is 0.220 e. The first-order valence-electron chi connectivity index (χ1n) is 10.2. The quantitative estimate of drug-likeness (QED) is 0.168. The third-order valence-electron chi connectivity index (χ3n) is 4.98. The van der Waals surface area contributed by atoms with E-state index in [1.807, 2.05) is 90.4 Å². The number of halogens is 1. The lowest BCUT2D eigenvalue weighted by Crippen LogP contribution is -2.11. The van der Waals surface area contributed by atoms with Crippen molar-refractivity contribution in [2.75, 3.05) is 6.54 Å². The number of nitro groups is 1. The second kappa shape index (κ2) is 10.5. The molecule has 0 aliphatic carbocycles. The molecule has 33 heavy (non-hydrogen) atoms. The number of hydrogen-bond donors (Lipinski definition) is 0. The Balaban J connectivity index is 1.53. The maximum atomic E-state index is 11.4. The van der Waals surface area contributed by atoms with Crippen LogP contribution in [0.25, 0.3) is 5.69 Å². The molecular weight excluding hydrogens is 460 g/mol. The third kappa shape index (κ3) is 5.71. The van der Waals surface area contributed by atoms with Crippen LogP contribution in [0.3, 0.4) is 0 Å². The molecule has 0 saturated carbocycles. The summed E-state index contributed by atoms with van der Waals surface area (Å²) in [6.07, 6.45) is 0. The van der Waals surface area contributed by atoms with Gasteiger partial charge in [0.2, 0.25) is 6.54 Å². The summed E-state index contributed by atoms with van der Waals surface area (Å²) in [5.41, 5.74) is 2.60. The van der Waals surface area contributed by atoms with Crippen LogP contribution in [0, 0.1) is 17.0 Å². The van der Waals surface area contributed by atoms with Gasteiger partial charge in [-0.1, -0.05) is 71.9 Å². The molecule has 3 aromatic carbocycles. The lowest BCUT2D eigenvalue weighted by Gasteiger charge is -2.15. The topological polar surface area (TPSA) is 83.1 Å². The summed E-state index contributed by atoms with van der Waals surface area (Å²) in [5.74, 6) is 1.37. The zero-order chi connectivity index (χ0) is 23.2. The fraction of sp³-hybridized carbons (Fsp3) is 0.167. The van der Waals surface area contributed by atoms with Gasteiger partial charge in [-0.3, -0.25) is 14.7 Å². The van der Waals surface area contributed by atoms with Gasteiger partial charge in [0.1, 0.15) is 23.4 Å². The summed E-state index contributed by atoms with van der Waals surface area (Å²) >= 11 is 7.50. The molecule has 4 aromatic rings. The van der Waals surface area contributed by atoms with E-state index >= 15 is 0 Å². The van der Waals surface area contributed by atoms with E-state index in [9.17, 15) is 10.1 Å². The molecule has 0 N–H and O–H groups in total. The molecule has 0 aliphatic rings. The fourth-order valence-electron chi connectivity index (χ4n) is 3.32. The normalized spacial score (nSPS) is 11.8. The molecule has 0 fully saturated rings. The highest BCUT2D eigenvalue weighted by atomic mass is 35.5. The lowest BCUT2D eigenvalue weighted by atomic mass is 10.1. The SMILES string of the molecule is Cc1nnc(S[C@H](C[N+](=O)[O-])c2ccc(OCc3ccccc3Cl)cc2)n1-c1ccccc1. The molecule has 1 aromatic heterocycles. The highest BCUT2D eigenvalue weighted by molar-refractivity contribution is 7.99. The van der Waals surface area contributed by atoms with Gasteiger partial charge >= 0.3 is 0 Å². The standard InChI is InChI=1S/C24H21ClN4O3S/c1-17-26-27-24(29(17)20-8-3-2-4-9-20)33-23(15-28(30)31)18-11-13-21(14-12-18)32-16-19-7-5-6-10-22(19)25/h2-14,23H,15-16H2,1H3/t23-/m1/s1. The van der Waals surface area contributed by atoms with E-state index in [0.29, 0.717) is 28.4 Å². The molecular formula is C24H21ClN4O3S. The van der Waals surface area contributed by atoms with Crippen LogP contribution in [0.2, 0.25) is 5.02 Å². The summed E-state index contributed by atoms with van der Waals surface area (Å²) in [7, 11) is 0. The summed E-state index contributed by atoms with van der Waals surface area (Å²) in [6, 6.07) is 24.5. The molecule has 4 rings (SSSR count). The second-order valence-corrected chi connectivity index (χ2v) is 8.85. The summed E-state index contributed by atoms with van der Waals surface area (Å²) in [5, 5.41) is 20.7. The first-order valence-corrected chi connectivity index (χ1v) is 11.5. The largest absolute Gasteiger partial charge is 0.489 e. The van der Waals surface area contributed by atoms with Crippen LogP contribution in [0.1, 0.15) is 22.2 Å². The Labute approximate surface area is 200 Å². The van der Waals surface area contributed by atoms with Crippen molar-refractivity contribution in [3.05, 3.63) is 111 Å². The Morgan fingerprint density at radius 1 is 1.03 bits per heavy atom. The Morgan fingerprint density at radius 3 is 2.42 bits per heavy atom. The number of thioether (sulfide) groups is 1. The highest BCUT2D eigenvalue weighted by Gasteiger charge is 2.23. The van der Waals surface area contributed by atoms with E-state index in [1.165, 1.54) is 11.8 Å². The average Bonchev–Trinajstić information content (AvgIpc) is 3.18. The van der Waals surface area contributed by atoms with Gasteiger partial charge in [0.05, 0.1) is 0 Å². The second-order valence-electron chi connectivity index (χ2n) is 7.27. The molecule has 9 heteroatoms. The minimum Gasteiger partial charge on any atom is -0.489 e. The van der Waals surface area contributed by atoms with E-state index in [2.05, 4.69) is 10.2 Å². The van der Waals surface area contributed by atoms with Crippen LogP contribution < -0.4 is 4.74 Å². The number of para-hydroxylation sites is 1. The molecule has 0 radical (unpaired) electrons. The number of nitrogens with zero attached hydrogens (tertiary/aromatic N) is 4. The Morgan fingerprint density at radius 2 is 1.73 bits per heavy atom. The zero-order valence-corrected chi connectivity index (χ0v) is 19.4. The monoisotopic (exact) mass is 480 g/mol. The molecule has 1 atom stereocenters. The van der Waals surface area contributed by atoms with E-state index < -0.39 is 5.25 Å². The summed E-state index contributed by atoms with van der Waals surface area (Å²) in [4.78, 5) is 11.1. The minimum atomic E-state index is -0.441. The van der Waals surface area contributed by atoms with Crippen molar-refractivity contribution >= 4 is 23.4 Å². The predicted molar refractivity (Wildman–Crippen MR) is 129 cm³/mol. The molecule has 0 saturated heterocycles. The van der Waals surface area contributed by atoms with Gasteiger partial charge in [-0.05, 0) is 42.8 Å². The van der Waals surface area contributed by atoms with Gasteiger partial charge in [-0.2, -0.15) is 0 Å². The molecule has 0 amide bonds.